The van der Waals surface area contributed by atoms with Crippen LogP contribution in [0.5, 0.6) is 0 Å². The van der Waals surface area contributed by atoms with Gasteiger partial charge in [0.15, 0.2) is 0 Å². The molecule has 0 saturated carbocycles. The summed E-state index contributed by atoms with van der Waals surface area (Å²) in [6, 6.07) is 6.74. The maximum Gasteiger partial charge on any atom is 0.235 e. The molecule has 0 spiro atoms. The third-order valence-electron chi connectivity index (χ3n) is 2.74. The number of rotatable bonds is 7. The van der Waals surface area contributed by atoms with Gasteiger partial charge in [-0.25, -0.2) is 8.42 Å². The Bertz CT molecular complexity index is 661. The molecule has 2 aromatic rings. The van der Waals surface area contributed by atoms with E-state index in [1.165, 1.54) is 12.5 Å². The topological polar surface area (TPSA) is 92.8 Å². The highest BCUT2D eigenvalue weighted by atomic mass is 32.2. The van der Waals surface area contributed by atoms with Crippen LogP contribution in [0, 0.1) is 0 Å². The largest absolute Gasteiger partial charge is 0.468 e. The Labute approximate surface area is 122 Å². The maximum absolute atomic E-state index is 11.8. The Morgan fingerprint density at radius 3 is 2.33 bits per heavy atom. The van der Waals surface area contributed by atoms with E-state index < -0.39 is 15.9 Å². The first-order valence-electron chi connectivity index (χ1n) is 6.22. The molecule has 0 radical (unpaired) electrons. The molecular formula is C13H16N2O5S. The predicted molar refractivity (Wildman–Crippen MR) is 74.5 cm³/mol. The van der Waals surface area contributed by atoms with Crippen LogP contribution in [-0.2, 0) is 27.9 Å². The van der Waals surface area contributed by atoms with E-state index in [0.717, 1.165) is 10.6 Å². The van der Waals surface area contributed by atoms with Gasteiger partial charge in [-0.15, -0.1) is 0 Å². The highest BCUT2D eigenvalue weighted by molar-refractivity contribution is 7.88. The third-order valence-corrected chi connectivity index (χ3v) is 3.94. The molecule has 0 bridgehead atoms. The van der Waals surface area contributed by atoms with Crippen molar-refractivity contribution in [2.45, 2.75) is 13.1 Å². The molecule has 2 rings (SSSR count). The molecule has 8 heteroatoms. The Balaban J connectivity index is 1.93. The fraction of sp³-hybridized carbons (Fsp3) is 0.308. The van der Waals surface area contributed by atoms with Crippen LogP contribution in [0.4, 0.5) is 0 Å². The first-order chi connectivity index (χ1) is 9.95. The second kappa shape index (κ2) is 6.59. The van der Waals surface area contributed by atoms with E-state index in [4.69, 9.17) is 8.83 Å². The van der Waals surface area contributed by atoms with Gasteiger partial charge in [-0.05, 0) is 24.3 Å². The molecule has 0 aliphatic heterocycles. The van der Waals surface area contributed by atoms with Crippen LogP contribution in [-0.4, -0.2) is 31.4 Å². The second-order valence-electron chi connectivity index (χ2n) is 4.47. The van der Waals surface area contributed by atoms with Crippen LogP contribution >= 0.6 is 0 Å². The molecule has 2 heterocycles. The normalized spacial score (nSPS) is 11.7. The fourth-order valence-electron chi connectivity index (χ4n) is 1.68. The van der Waals surface area contributed by atoms with Gasteiger partial charge >= 0.3 is 0 Å². The standard InChI is InChI=1S/C13H16N2O5S/c1-21(17,18)15(9-12-5-3-7-20-12)10-13(16)14-8-11-4-2-6-19-11/h2-7H,8-10H2,1H3,(H,14,16). The van der Waals surface area contributed by atoms with Crippen molar-refractivity contribution in [2.75, 3.05) is 12.8 Å². The van der Waals surface area contributed by atoms with Crippen molar-refractivity contribution in [3.8, 4) is 0 Å². The van der Waals surface area contributed by atoms with Crippen molar-refractivity contribution in [1.29, 1.82) is 0 Å². The summed E-state index contributed by atoms with van der Waals surface area (Å²) in [5.41, 5.74) is 0. The number of hydrogen-bond acceptors (Lipinski definition) is 5. The second-order valence-corrected chi connectivity index (χ2v) is 6.45. The minimum absolute atomic E-state index is 0.0139. The van der Waals surface area contributed by atoms with E-state index >= 15 is 0 Å². The van der Waals surface area contributed by atoms with Crippen molar-refractivity contribution in [3.05, 3.63) is 48.3 Å². The Morgan fingerprint density at radius 1 is 1.19 bits per heavy atom. The number of carbonyl (C=O) groups is 1. The SMILES string of the molecule is CS(=O)(=O)N(CC(=O)NCc1ccco1)Cc1ccco1. The first-order valence-corrected chi connectivity index (χ1v) is 8.06. The summed E-state index contributed by atoms with van der Waals surface area (Å²) in [5, 5.41) is 2.60. The van der Waals surface area contributed by atoms with Crippen LogP contribution in [0.2, 0.25) is 0 Å². The molecule has 1 N–H and O–H groups in total. The summed E-state index contributed by atoms with van der Waals surface area (Å²) in [6.07, 6.45) is 4.00. The number of nitrogens with zero attached hydrogens (tertiary/aromatic N) is 1. The van der Waals surface area contributed by atoms with E-state index in [2.05, 4.69) is 5.32 Å². The van der Waals surface area contributed by atoms with Gasteiger partial charge < -0.3 is 14.2 Å². The number of hydrogen-bond donors (Lipinski definition) is 1. The molecule has 0 saturated heterocycles. The lowest BCUT2D eigenvalue weighted by atomic mass is 10.4. The molecule has 7 nitrogen and oxygen atoms in total. The van der Waals surface area contributed by atoms with Gasteiger partial charge in [0, 0.05) is 0 Å². The third kappa shape index (κ3) is 4.76. The van der Waals surface area contributed by atoms with Crippen molar-refractivity contribution in [2.24, 2.45) is 0 Å². The molecule has 114 valence electrons. The monoisotopic (exact) mass is 312 g/mol. The zero-order valence-corrected chi connectivity index (χ0v) is 12.3. The van der Waals surface area contributed by atoms with E-state index in [0.29, 0.717) is 11.5 Å². The lowest BCUT2D eigenvalue weighted by Gasteiger charge is -2.18. The van der Waals surface area contributed by atoms with Crippen molar-refractivity contribution in [1.82, 2.24) is 9.62 Å². The predicted octanol–water partition coefficient (Wildman–Crippen LogP) is 0.951. The highest BCUT2D eigenvalue weighted by Crippen LogP contribution is 2.08. The Hall–Kier alpha value is -2.06. The van der Waals surface area contributed by atoms with Gasteiger partial charge in [0.25, 0.3) is 0 Å². The van der Waals surface area contributed by atoms with Gasteiger partial charge in [-0.1, -0.05) is 0 Å². The molecule has 21 heavy (non-hydrogen) atoms. The molecule has 1 amide bonds. The molecule has 0 aromatic carbocycles. The minimum atomic E-state index is -3.52. The number of nitrogens with one attached hydrogen (secondary N) is 1. The van der Waals surface area contributed by atoms with Crippen LogP contribution in [0.3, 0.4) is 0 Å². The van der Waals surface area contributed by atoms with Crippen LogP contribution in [0.25, 0.3) is 0 Å². The van der Waals surface area contributed by atoms with Gasteiger partial charge in [-0.2, -0.15) is 4.31 Å². The summed E-state index contributed by atoms with van der Waals surface area (Å²) < 4.78 is 34.7. The van der Waals surface area contributed by atoms with Gasteiger partial charge in [0.1, 0.15) is 11.5 Å². The zero-order chi connectivity index (χ0) is 15.3. The van der Waals surface area contributed by atoms with Gasteiger partial charge in [-0.3, -0.25) is 4.79 Å². The van der Waals surface area contributed by atoms with Gasteiger partial charge in [0.2, 0.25) is 15.9 Å². The average Bonchev–Trinajstić information content (AvgIpc) is 3.07. The molecular weight excluding hydrogens is 296 g/mol. The van der Waals surface area contributed by atoms with E-state index in [-0.39, 0.29) is 19.6 Å². The molecule has 0 aliphatic rings. The summed E-state index contributed by atoms with van der Waals surface area (Å²) in [5.74, 6) is 0.655. The summed E-state index contributed by atoms with van der Waals surface area (Å²) in [4.78, 5) is 11.8. The van der Waals surface area contributed by atoms with Crippen LogP contribution < -0.4 is 5.32 Å². The van der Waals surface area contributed by atoms with Crippen LogP contribution in [0.15, 0.2) is 45.6 Å². The number of sulfonamides is 1. The zero-order valence-electron chi connectivity index (χ0n) is 11.5. The van der Waals surface area contributed by atoms with E-state index in [1.807, 2.05) is 0 Å². The van der Waals surface area contributed by atoms with Gasteiger partial charge in [0.05, 0.1) is 38.4 Å². The lowest BCUT2D eigenvalue weighted by Crippen LogP contribution is -2.39. The average molecular weight is 312 g/mol. The summed E-state index contributed by atoms with van der Waals surface area (Å²) >= 11 is 0. The van der Waals surface area contributed by atoms with Crippen molar-refractivity contribution in [3.63, 3.8) is 0 Å². The summed E-state index contributed by atoms with van der Waals surface area (Å²) in [7, 11) is -3.52. The van der Waals surface area contributed by atoms with E-state index in [9.17, 15) is 13.2 Å². The molecule has 0 unspecified atom stereocenters. The molecule has 0 atom stereocenters. The smallest absolute Gasteiger partial charge is 0.235 e. The molecule has 0 fully saturated rings. The molecule has 2 aromatic heterocycles. The quantitative estimate of drug-likeness (QED) is 0.821. The van der Waals surface area contributed by atoms with Crippen molar-refractivity contribution >= 4 is 15.9 Å². The number of carbonyl (C=O) groups excluding carboxylic acids is 1. The Kier molecular flexibility index (Phi) is 4.81. The number of furan rings is 2. The highest BCUT2D eigenvalue weighted by Gasteiger charge is 2.21. The maximum atomic E-state index is 11.8. The minimum Gasteiger partial charge on any atom is -0.468 e. The molecule has 0 aliphatic carbocycles. The van der Waals surface area contributed by atoms with Crippen molar-refractivity contribution < 1.29 is 22.0 Å². The lowest BCUT2D eigenvalue weighted by molar-refractivity contribution is -0.121. The fourth-order valence-corrected chi connectivity index (χ4v) is 2.40. The van der Waals surface area contributed by atoms with Crippen LogP contribution in [0.1, 0.15) is 11.5 Å². The summed E-state index contributed by atoms with van der Waals surface area (Å²) in [6.45, 7) is -0.0512. The number of amides is 1. The first kappa shape index (κ1) is 15.3. The Morgan fingerprint density at radius 2 is 1.81 bits per heavy atom. The van der Waals surface area contributed by atoms with E-state index in [1.54, 1.807) is 24.3 Å².